The minimum atomic E-state index is -1.05. The number of aliphatic hydroxyl groups excluding tert-OH is 1. The Morgan fingerprint density at radius 1 is 1.03 bits per heavy atom. The number of nitrogens with one attached hydrogen (secondary N) is 1. The van der Waals surface area contributed by atoms with Crippen LogP contribution >= 0.6 is 0 Å². The summed E-state index contributed by atoms with van der Waals surface area (Å²) in [6.45, 7) is 6.22. The molecule has 0 aliphatic rings. The molecule has 0 fully saturated rings. The summed E-state index contributed by atoms with van der Waals surface area (Å²) >= 11 is 0. The molecule has 0 unspecified atom stereocenters. The van der Waals surface area contributed by atoms with Gasteiger partial charge >= 0.3 is 6.09 Å². The van der Waals surface area contributed by atoms with Crippen LogP contribution in [0.25, 0.3) is 0 Å². The van der Waals surface area contributed by atoms with Gasteiger partial charge in [0, 0.05) is 24.7 Å². The first-order chi connectivity index (χ1) is 14.7. The summed E-state index contributed by atoms with van der Waals surface area (Å²) in [6, 6.07) is 14.6. The third kappa shape index (κ3) is 7.15. The van der Waals surface area contributed by atoms with Crippen LogP contribution < -0.4 is 14.8 Å². The van der Waals surface area contributed by atoms with Crippen LogP contribution in [0.2, 0.25) is 0 Å². The smallest absolute Gasteiger partial charge is 0.408 e. The largest absolute Gasteiger partial charge is 0.497 e. The fraction of sp³-hybridized carbons (Fsp3) is 0.458. The van der Waals surface area contributed by atoms with Gasteiger partial charge in [-0.05, 0) is 50.5 Å². The van der Waals surface area contributed by atoms with Gasteiger partial charge in [0.25, 0.3) is 0 Å². The van der Waals surface area contributed by atoms with Crippen molar-refractivity contribution < 1.29 is 24.5 Å². The molecule has 3 N–H and O–H groups in total. The van der Waals surface area contributed by atoms with E-state index in [0.717, 1.165) is 11.1 Å². The second-order valence-corrected chi connectivity index (χ2v) is 8.50. The highest BCUT2D eigenvalue weighted by Crippen LogP contribution is 2.24. The highest BCUT2D eigenvalue weighted by molar-refractivity contribution is 5.66. The molecule has 7 heteroatoms. The molecule has 0 aliphatic carbocycles. The lowest BCUT2D eigenvalue weighted by atomic mass is 9.94. The van der Waals surface area contributed by atoms with Gasteiger partial charge in [0.15, 0.2) is 0 Å². The summed E-state index contributed by atoms with van der Waals surface area (Å²) in [5.41, 5.74) is 1.25. The van der Waals surface area contributed by atoms with Crippen molar-refractivity contribution in [2.45, 2.75) is 51.4 Å². The Bertz CT molecular complexity index is 813. The van der Waals surface area contributed by atoms with Crippen molar-refractivity contribution in [2.75, 3.05) is 20.8 Å². The molecule has 1 amide bonds. The molecule has 2 aromatic rings. The van der Waals surface area contributed by atoms with Gasteiger partial charge in [-0.25, -0.2) is 4.79 Å². The molecule has 0 saturated carbocycles. The van der Waals surface area contributed by atoms with Crippen LogP contribution in [0.1, 0.15) is 31.9 Å². The number of rotatable bonds is 10. The molecule has 0 aliphatic heterocycles. The molecule has 0 bridgehead atoms. The maximum absolute atomic E-state index is 12.1. The van der Waals surface area contributed by atoms with E-state index in [2.05, 4.69) is 5.32 Å². The molecule has 0 spiro atoms. The molecular weight excluding hydrogens is 396 g/mol. The minimum absolute atomic E-state index is 0.233. The SMILES string of the molecule is COc1cc(CNC[C@@H](O)[C@H](Cc2ccccc2)N(C(=O)O)C(C)(C)C)cc(OC)c1. The van der Waals surface area contributed by atoms with E-state index in [9.17, 15) is 15.0 Å². The molecule has 2 rings (SSSR count). The maximum atomic E-state index is 12.1. The van der Waals surface area contributed by atoms with E-state index >= 15 is 0 Å². The third-order valence-corrected chi connectivity index (χ3v) is 5.09. The molecular formula is C24H34N2O5. The molecule has 0 aromatic heterocycles. The zero-order valence-electron chi connectivity index (χ0n) is 19.0. The van der Waals surface area contributed by atoms with Crippen molar-refractivity contribution in [3.63, 3.8) is 0 Å². The third-order valence-electron chi connectivity index (χ3n) is 5.09. The summed E-state index contributed by atoms with van der Waals surface area (Å²) in [6.07, 6.45) is -1.53. The average Bonchev–Trinajstić information content (AvgIpc) is 2.72. The van der Waals surface area contributed by atoms with Gasteiger partial charge in [-0.15, -0.1) is 0 Å². The van der Waals surface area contributed by atoms with Gasteiger partial charge in [-0.2, -0.15) is 0 Å². The fourth-order valence-electron chi connectivity index (χ4n) is 3.65. The fourth-order valence-corrected chi connectivity index (χ4v) is 3.65. The Kier molecular flexibility index (Phi) is 8.71. The van der Waals surface area contributed by atoms with E-state index in [0.29, 0.717) is 24.5 Å². The number of amides is 1. The van der Waals surface area contributed by atoms with Crippen LogP contribution in [-0.2, 0) is 13.0 Å². The van der Waals surface area contributed by atoms with Gasteiger partial charge in [-0.1, -0.05) is 30.3 Å². The topological polar surface area (TPSA) is 91.3 Å². The Hall–Kier alpha value is -2.77. The van der Waals surface area contributed by atoms with Gasteiger partial charge < -0.3 is 25.0 Å². The van der Waals surface area contributed by atoms with Gasteiger partial charge in [0.1, 0.15) is 11.5 Å². The van der Waals surface area contributed by atoms with Crippen LogP contribution in [0.5, 0.6) is 11.5 Å². The highest BCUT2D eigenvalue weighted by atomic mass is 16.5. The van der Waals surface area contributed by atoms with E-state index in [1.165, 1.54) is 4.90 Å². The summed E-state index contributed by atoms with van der Waals surface area (Å²) in [5, 5.41) is 24.1. The Labute approximate surface area is 184 Å². The van der Waals surface area contributed by atoms with Crippen molar-refractivity contribution in [3.8, 4) is 11.5 Å². The van der Waals surface area contributed by atoms with E-state index in [1.807, 2.05) is 63.2 Å². The van der Waals surface area contributed by atoms with Crippen molar-refractivity contribution in [1.29, 1.82) is 0 Å². The number of hydrogen-bond donors (Lipinski definition) is 3. The summed E-state index contributed by atoms with van der Waals surface area (Å²) in [5.74, 6) is 1.37. The lowest BCUT2D eigenvalue weighted by Gasteiger charge is -2.42. The lowest BCUT2D eigenvalue weighted by molar-refractivity contribution is 0.00770. The second kappa shape index (κ2) is 11.0. The molecule has 31 heavy (non-hydrogen) atoms. The first-order valence-corrected chi connectivity index (χ1v) is 10.3. The van der Waals surface area contributed by atoms with Gasteiger partial charge in [-0.3, -0.25) is 4.90 Å². The monoisotopic (exact) mass is 430 g/mol. The number of aliphatic hydroxyl groups is 1. The van der Waals surface area contributed by atoms with E-state index < -0.39 is 23.8 Å². The Balaban J connectivity index is 2.15. The predicted octanol–water partition coefficient (Wildman–Crippen LogP) is 3.54. The number of nitrogens with zero attached hydrogens (tertiary/aromatic N) is 1. The Morgan fingerprint density at radius 3 is 2.10 bits per heavy atom. The van der Waals surface area contributed by atoms with Crippen LogP contribution in [0.4, 0.5) is 4.79 Å². The van der Waals surface area contributed by atoms with E-state index in [1.54, 1.807) is 20.3 Å². The average molecular weight is 431 g/mol. The van der Waals surface area contributed by atoms with Gasteiger partial charge in [0.2, 0.25) is 0 Å². The summed E-state index contributed by atoms with van der Waals surface area (Å²) < 4.78 is 10.6. The van der Waals surface area contributed by atoms with E-state index in [4.69, 9.17) is 9.47 Å². The number of carboxylic acid groups (broad SMARTS) is 1. The summed E-state index contributed by atoms with van der Waals surface area (Å²) in [7, 11) is 3.19. The second-order valence-electron chi connectivity index (χ2n) is 8.50. The molecule has 0 heterocycles. The zero-order valence-corrected chi connectivity index (χ0v) is 19.0. The first kappa shape index (κ1) is 24.5. The molecule has 7 nitrogen and oxygen atoms in total. The minimum Gasteiger partial charge on any atom is -0.497 e. The van der Waals surface area contributed by atoms with Crippen LogP contribution in [-0.4, -0.2) is 59.7 Å². The molecule has 2 atom stereocenters. The standard InChI is InChI=1S/C24H34N2O5/c1-24(2,3)26(23(28)29)21(13-17-9-7-6-8-10-17)22(27)16-25-15-18-11-19(30-4)14-20(12-18)31-5/h6-12,14,21-22,25,27H,13,15-16H2,1-5H3,(H,28,29)/t21-,22+/m0/s1. The van der Waals surface area contributed by atoms with Crippen molar-refractivity contribution in [2.24, 2.45) is 0 Å². The molecule has 0 radical (unpaired) electrons. The number of hydrogen-bond acceptors (Lipinski definition) is 5. The number of carbonyl (C=O) groups is 1. The van der Waals surface area contributed by atoms with Crippen LogP contribution in [0.15, 0.2) is 48.5 Å². The predicted molar refractivity (Wildman–Crippen MR) is 121 cm³/mol. The van der Waals surface area contributed by atoms with Crippen LogP contribution in [0.3, 0.4) is 0 Å². The van der Waals surface area contributed by atoms with Gasteiger partial charge in [0.05, 0.1) is 26.4 Å². The highest BCUT2D eigenvalue weighted by Gasteiger charge is 2.37. The maximum Gasteiger partial charge on any atom is 0.408 e. The zero-order chi connectivity index (χ0) is 23.0. The normalized spacial score (nSPS) is 13.4. The van der Waals surface area contributed by atoms with Crippen molar-refractivity contribution in [3.05, 3.63) is 59.7 Å². The molecule has 170 valence electrons. The lowest BCUT2D eigenvalue weighted by Crippen LogP contribution is -2.58. The first-order valence-electron chi connectivity index (χ1n) is 10.3. The van der Waals surface area contributed by atoms with E-state index in [-0.39, 0.29) is 6.54 Å². The molecule has 0 saturated heterocycles. The Morgan fingerprint density at radius 2 is 1.61 bits per heavy atom. The van der Waals surface area contributed by atoms with Crippen LogP contribution in [0, 0.1) is 0 Å². The summed E-state index contributed by atoms with van der Waals surface area (Å²) in [4.78, 5) is 13.4. The van der Waals surface area contributed by atoms with Crippen molar-refractivity contribution >= 4 is 6.09 Å². The number of methoxy groups -OCH3 is 2. The number of ether oxygens (including phenoxy) is 2. The molecule has 2 aromatic carbocycles. The van der Waals surface area contributed by atoms with Crippen molar-refractivity contribution in [1.82, 2.24) is 10.2 Å². The number of benzene rings is 2. The quantitative estimate of drug-likeness (QED) is 0.534.